The molecule has 0 unspecified atom stereocenters. The molecule has 124 valence electrons. The van der Waals surface area contributed by atoms with Crippen molar-refractivity contribution in [1.82, 2.24) is 9.97 Å². The maximum Gasteiger partial charge on any atom is 0.229 e. The molecule has 0 aliphatic carbocycles. The van der Waals surface area contributed by atoms with Crippen LogP contribution in [0.15, 0.2) is 30.5 Å². The van der Waals surface area contributed by atoms with Gasteiger partial charge in [0.25, 0.3) is 0 Å². The lowest BCUT2D eigenvalue weighted by Gasteiger charge is -2.11. The van der Waals surface area contributed by atoms with E-state index in [0.717, 1.165) is 24.5 Å². The van der Waals surface area contributed by atoms with Gasteiger partial charge in [0.1, 0.15) is 5.82 Å². The highest BCUT2D eigenvalue weighted by molar-refractivity contribution is 5.60. The number of ether oxygens (including phenoxy) is 2. The number of hydrogen-bond donors (Lipinski definition) is 2. The van der Waals surface area contributed by atoms with E-state index in [-0.39, 0.29) is 0 Å². The third-order valence-corrected chi connectivity index (χ3v) is 3.38. The summed E-state index contributed by atoms with van der Waals surface area (Å²) in [6.07, 6.45) is 5.30. The molecule has 1 aromatic carbocycles. The number of anilines is 3. The third kappa shape index (κ3) is 5.02. The van der Waals surface area contributed by atoms with Crippen molar-refractivity contribution >= 4 is 17.5 Å². The van der Waals surface area contributed by atoms with E-state index in [9.17, 15) is 0 Å². The first-order valence-electron chi connectivity index (χ1n) is 7.82. The highest BCUT2D eigenvalue weighted by atomic mass is 16.5. The summed E-state index contributed by atoms with van der Waals surface area (Å²) in [5, 5.41) is 6.48. The van der Waals surface area contributed by atoms with Crippen LogP contribution < -0.4 is 20.1 Å². The van der Waals surface area contributed by atoms with Crippen LogP contribution in [-0.4, -0.2) is 30.7 Å². The van der Waals surface area contributed by atoms with Gasteiger partial charge in [0.05, 0.1) is 14.2 Å². The van der Waals surface area contributed by atoms with Crippen LogP contribution in [0.3, 0.4) is 0 Å². The number of nitrogens with zero attached hydrogens (tertiary/aromatic N) is 2. The fraction of sp³-hybridized carbons (Fsp3) is 0.412. The van der Waals surface area contributed by atoms with Crippen LogP contribution in [0.1, 0.15) is 26.2 Å². The first-order chi connectivity index (χ1) is 11.3. The van der Waals surface area contributed by atoms with Gasteiger partial charge in [-0.1, -0.05) is 19.8 Å². The molecule has 2 aromatic rings. The number of hydrogen-bond acceptors (Lipinski definition) is 6. The van der Waals surface area contributed by atoms with Gasteiger partial charge in [-0.25, -0.2) is 4.98 Å². The van der Waals surface area contributed by atoms with E-state index < -0.39 is 0 Å². The Kier molecular flexibility index (Phi) is 6.47. The molecule has 0 saturated heterocycles. The lowest BCUT2D eigenvalue weighted by Crippen LogP contribution is -2.05. The molecule has 0 amide bonds. The van der Waals surface area contributed by atoms with Gasteiger partial charge in [0.15, 0.2) is 11.5 Å². The summed E-state index contributed by atoms with van der Waals surface area (Å²) in [6, 6.07) is 7.45. The Labute approximate surface area is 137 Å². The Morgan fingerprint density at radius 3 is 2.61 bits per heavy atom. The molecule has 2 rings (SSSR count). The molecule has 0 saturated carbocycles. The smallest absolute Gasteiger partial charge is 0.229 e. The highest BCUT2D eigenvalue weighted by Crippen LogP contribution is 2.30. The maximum atomic E-state index is 5.30. The summed E-state index contributed by atoms with van der Waals surface area (Å²) in [7, 11) is 3.22. The molecular weight excluding hydrogens is 292 g/mol. The highest BCUT2D eigenvalue weighted by Gasteiger charge is 2.06. The van der Waals surface area contributed by atoms with Crippen molar-refractivity contribution in [2.24, 2.45) is 0 Å². The Morgan fingerprint density at radius 2 is 1.87 bits per heavy atom. The van der Waals surface area contributed by atoms with Gasteiger partial charge in [0, 0.05) is 24.5 Å². The predicted octanol–water partition coefficient (Wildman–Crippen LogP) is 3.84. The number of rotatable bonds is 9. The SMILES string of the molecule is CCCCCNc1ccnc(Nc2ccc(OC)c(OC)c2)n1. The van der Waals surface area contributed by atoms with Crippen LogP contribution in [0.5, 0.6) is 11.5 Å². The second-order valence-corrected chi connectivity index (χ2v) is 5.09. The normalized spacial score (nSPS) is 10.2. The Morgan fingerprint density at radius 1 is 1.04 bits per heavy atom. The monoisotopic (exact) mass is 316 g/mol. The van der Waals surface area contributed by atoms with E-state index in [1.54, 1.807) is 20.4 Å². The molecule has 0 atom stereocenters. The fourth-order valence-electron chi connectivity index (χ4n) is 2.15. The van der Waals surface area contributed by atoms with Crippen molar-refractivity contribution in [2.75, 3.05) is 31.4 Å². The van der Waals surface area contributed by atoms with E-state index in [1.165, 1.54) is 12.8 Å². The van der Waals surface area contributed by atoms with Gasteiger partial charge in [-0.3, -0.25) is 0 Å². The van der Waals surface area contributed by atoms with Crippen LogP contribution in [-0.2, 0) is 0 Å². The fourth-order valence-corrected chi connectivity index (χ4v) is 2.15. The minimum atomic E-state index is 0.540. The van der Waals surface area contributed by atoms with Crippen LogP contribution in [0.4, 0.5) is 17.5 Å². The average Bonchev–Trinajstić information content (AvgIpc) is 2.59. The second kappa shape index (κ2) is 8.82. The molecule has 0 spiro atoms. The molecule has 23 heavy (non-hydrogen) atoms. The summed E-state index contributed by atoms with van der Waals surface area (Å²) >= 11 is 0. The molecule has 6 heteroatoms. The second-order valence-electron chi connectivity index (χ2n) is 5.09. The van der Waals surface area contributed by atoms with E-state index in [1.807, 2.05) is 24.3 Å². The van der Waals surface area contributed by atoms with E-state index in [2.05, 4.69) is 27.5 Å². The lowest BCUT2D eigenvalue weighted by atomic mass is 10.2. The topological polar surface area (TPSA) is 68.3 Å². The van der Waals surface area contributed by atoms with E-state index >= 15 is 0 Å². The zero-order valence-electron chi connectivity index (χ0n) is 13.9. The first-order valence-corrected chi connectivity index (χ1v) is 7.82. The van der Waals surface area contributed by atoms with Gasteiger partial charge in [-0.05, 0) is 24.6 Å². The van der Waals surface area contributed by atoms with E-state index in [0.29, 0.717) is 17.4 Å². The molecule has 0 fully saturated rings. The Hall–Kier alpha value is -2.50. The summed E-state index contributed by atoms with van der Waals surface area (Å²) in [5.41, 5.74) is 0.839. The zero-order valence-corrected chi connectivity index (χ0v) is 13.9. The predicted molar refractivity (Wildman–Crippen MR) is 92.9 cm³/mol. The number of aromatic nitrogens is 2. The summed E-state index contributed by atoms with van der Waals surface area (Å²) < 4.78 is 10.5. The standard InChI is InChI=1S/C17H24N4O2/c1-4-5-6-10-18-16-9-11-19-17(21-16)20-13-7-8-14(22-2)15(12-13)23-3/h7-9,11-12H,4-6,10H2,1-3H3,(H2,18,19,20,21). The number of benzene rings is 1. The molecular formula is C17H24N4O2. The Bertz CT molecular complexity index is 619. The minimum Gasteiger partial charge on any atom is -0.493 e. The van der Waals surface area contributed by atoms with Gasteiger partial charge in [0.2, 0.25) is 5.95 Å². The number of methoxy groups -OCH3 is 2. The van der Waals surface area contributed by atoms with Crippen molar-refractivity contribution < 1.29 is 9.47 Å². The average molecular weight is 316 g/mol. The van der Waals surface area contributed by atoms with E-state index in [4.69, 9.17) is 9.47 Å². The molecule has 1 heterocycles. The van der Waals surface area contributed by atoms with Crippen molar-refractivity contribution in [2.45, 2.75) is 26.2 Å². The van der Waals surface area contributed by atoms with Crippen LogP contribution in [0, 0.1) is 0 Å². The minimum absolute atomic E-state index is 0.540. The molecule has 1 aromatic heterocycles. The van der Waals surface area contributed by atoms with Crippen LogP contribution in [0.25, 0.3) is 0 Å². The van der Waals surface area contributed by atoms with Crippen molar-refractivity contribution in [1.29, 1.82) is 0 Å². The van der Waals surface area contributed by atoms with Crippen molar-refractivity contribution in [3.8, 4) is 11.5 Å². The summed E-state index contributed by atoms with van der Waals surface area (Å²) in [5.74, 6) is 2.70. The van der Waals surface area contributed by atoms with Gasteiger partial charge < -0.3 is 20.1 Å². The summed E-state index contributed by atoms with van der Waals surface area (Å²) in [6.45, 7) is 3.11. The molecule has 0 bridgehead atoms. The molecule has 2 N–H and O–H groups in total. The molecule has 0 radical (unpaired) electrons. The van der Waals surface area contributed by atoms with Crippen molar-refractivity contribution in [3.05, 3.63) is 30.5 Å². The van der Waals surface area contributed by atoms with Gasteiger partial charge in [-0.15, -0.1) is 0 Å². The van der Waals surface area contributed by atoms with Crippen LogP contribution in [0.2, 0.25) is 0 Å². The largest absolute Gasteiger partial charge is 0.493 e. The molecule has 6 nitrogen and oxygen atoms in total. The van der Waals surface area contributed by atoms with Gasteiger partial charge in [-0.2, -0.15) is 4.98 Å². The third-order valence-electron chi connectivity index (χ3n) is 3.38. The number of nitrogens with one attached hydrogen (secondary N) is 2. The Balaban J connectivity index is 2.02. The summed E-state index contributed by atoms with van der Waals surface area (Å²) in [4.78, 5) is 8.70. The quantitative estimate of drug-likeness (QED) is 0.685. The molecule has 0 aliphatic heterocycles. The maximum absolute atomic E-state index is 5.30. The van der Waals surface area contributed by atoms with Crippen LogP contribution >= 0.6 is 0 Å². The first kappa shape index (κ1) is 16.9. The van der Waals surface area contributed by atoms with Crippen molar-refractivity contribution in [3.63, 3.8) is 0 Å². The van der Waals surface area contributed by atoms with Gasteiger partial charge >= 0.3 is 0 Å². The zero-order chi connectivity index (χ0) is 16.5. The lowest BCUT2D eigenvalue weighted by molar-refractivity contribution is 0.355. The molecule has 0 aliphatic rings. The number of unbranched alkanes of at least 4 members (excludes halogenated alkanes) is 2.